The number of nitrogens with one attached hydrogen (secondary N) is 2. The van der Waals surface area contributed by atoms with Crippen molar-refractivity contribution in [1.29, 1.82) is 0 Å². The van der Waals surface area contributed by atoms with Crippen LogP contribution in [0.15, 0.2) is 60.7 Å². The van der Waals surface area contributed by atoms with Gasteiger partial charge in [-0.15, -0.1) is 0 Å². The Morgan fingerprint density at radius 1 is 0.600 bits per heavy atom. The lowest BCUT2D eigenvalue weighted by atomic mass is 9.83. The molecule has 2 aromatic rings. The number of rotatable bonds is 12. The fourth-order valence-electron chi connectivity index (χ4n) is 11.8. The number of likely N-dealkylation sites (tertiary alicyclic amines) is 1. The summed E-state index contributed by atoms with van der Waals surface area (Å²) in [5.41, 5.74) is 1.55. The van der Waals surface area contributed by atoms with Gasteiger partial charge in [0.05, 0.1) is 30.1 Å². The number of nitrogens with zero attached hydrogens (tertiary/aromatic N) is 4. The average Bonchev–Trinajstić information content (AvgIpc) is 3.94. The van der Waals surface area contributed by atoms with E-state index in [-0.39, 0.29) is 87.2 Å². The molecule has 3 aliphatic rings. The second-order valence-corrected chi connectivity index (χ2v) is 24.2. The fraction of sp³-hybridized carbons (Fsp3) is 0.651. The Morgan fingerprint density at radius 3 is 1.74 bits per heavy atom. The summed E-state index contributed by atoms with van der Waals surface area (Å²) < 4.78 is 0. The normalized spacial score (nSPS) is 27.4. The molecule has 3 fully saturated rings. The molecule has 3 saturated heterocycles. The molecule has 17 nitrogen and oxygen atoms in total. The number of aliphatic hydroxyl groups is 1. The van der Waals surface area contributed by atoms with Crippen LogP contribution in [0.4, 0.5) is 0 Å². The van der Waals surface area contributed by atoms with Crippen molar-refractivity contribution in [1.82, 2.24) is 30.2 Å². The van der Waals surface area contributed by atoms with Crippen molar-refractivity contribution in [3.63, 3.8) is 0 Å². The third kappa shape index (κ3) is 17.9. The Balaban J connectivity index is 1.62. The van der Waals surface area contributed by atoms with Crippen LogP contribution in [0.1, 0.15) is 150 Å². The lowest BCUT2D eigenvalue weighted by molar-refractivity contribution is -0.147. The first-order chi connectivity index (χ1) is 37.9. The van der Waals surface area contributed by atoms with Crippen molar-refractivity contribution in [2.45, 2.75) is 188 Å². The summed E-state index contributed by atoms with van der Waals surface area (Å²) in [6, 6.07) is 13.0. The highest BCUT2D eigenvalue weighted by Crippen LogP contribution is 2.31. The van der Waals surface area contributed by atoms with Gasteiger partial charge in [0.1, 0.15) is 17.9 Å². The van der Waals surface area contributed by atoms with E-state index in [1.807, 2.05) is 102 Å². The molecule has 3 heterocycles. The van der Waals surface area contributed by atoms with E-state index in [1.54, 1.807) is 11.9 Å². The Kier molecular flexibility index (Phi) is 24.8. The Morgan fingerprint density at radius 2 is 1.16 bits per heavy atom. The summed E-state index contributed by atoms with van der Waals surface area (Å²) in [7, 11) is 3.08. The van der Waals surface area contributed by atoms with E-state index in [9.17, 15) is 33.9 Å². The van der Waals surface area contributed by atoms with Gasteiger partial charge in [0.25, 0.3) is 0 Å². The van der Waals surface area contributed by atoms with E-state index in [0.717, 1.165) is 30.4 Å². The highest BCUT2D eigenvalue weighted by molar-refractivity contribution is 5.99. The number of aliphatic hydroxyl groups excluding tert-OH is 1. The summed E-state index contributed by atoms with van der Waals surface area (Å²) in [6.45, 7) is 15.4. The number of Topliss-reactive ketones (excluding diaryl/α,β-unsaturated/α-hetero) is 4. The second-order valence-electron chi connectivity index (χ2n) is 24.2. The number of amides is 6. The van der Waals surface area contributed by atoms with Gasteiger partial charge < -0.3 is 35.3 Å². The Labute approximate surface area is 475 Å². The maximum Gasteiger partial charge on any atom is 0.245 e. The number of benzene rings is 2. The van der Waals surface area contributed by atoms with Crippen LogP contribution < -0.4 is 10.6 Å². The van der Waals surface area contributed by atoms with E-state index >= 15 is 19.2 Å². The number of hydrogen-bond donors (Lipinski definition) is 3. The fourth-order valence-corrected chi connectivity index (χ4v) is 11.8. The molecule has 17 heteroatoms. The molecule has 0 unspecified atom stereocenters. The third-order valence-corrected chi connectivity index (χ3v) is 16.8. The highest BCUT2D eigenvalue weighted by atomic mass is 16.3. The largest absolute Gasteiger partial charge is 0.393 e. The van der Waals surface area contributed by atoms with Crippen molar-refractivity contribution >= 4 is 58.6 Å². The van der Waals surface area contributed by atoms with E-state index in [1.165, 1.54) is 35.6 Å². The van der Waals surface area contributed by atoms with E-state index in [4.69, 9.17) is 0 Å². The van der Waals surface area contributed by atoms with E-state index < -0.39 is 120 Å². The SMILES string of the molecule is CC[C@H](C)[C@@H]1CC(=O)[C@H](Cc2ccccc2)N(C)C(=O)[C@H](Cc2ccccc2)CC(=O)[C@H](CC(C)C)N(C)C(=O)[C@H](CC(C)C)NC(=O)[C@H](C)CC(=O)C[C@@H](C(=O)N2CCCCC2)NC(=O)[C@H]([C@@H](C)O)CC(=O)[C@@H]2CCCN2C1=O. The molecule has 0 radical (unpaired) electrons. The summed E-state index contributed by atoms with van der Waals surface area (Å²) in [5, 5.41) is 16.7. The first-order valence-corrected chi connectivity index (χ1v) is 29.5. The number of hydrogen-bond acceptors (Lipinski definition) is 11. The molecular weight excluding hydrogens is 1020 g/mol. The number of likely N-dealkylation sites (N-methyl/N-ethyl adjacent to an activating group) is 2. The van der Waals surface area contributed by atoms with E-state index in [0.29, 0.717) is 25.9 Å². The Hall–Kier alpha value is -6.10. The first kappa shape index (κ1) is 64.7. The molecule has 0 aromatic heterocycles. The monoisotopic (exact) mass is 1110 g/mol. The number of ketones is 4. The highest BCUT2D eigenvalue weighted by Gasteiger charge is 2.44. The van der Waals surface area contributed by atoms with Gasteiger partial charge in [-0.1, -0.05) is 116 Å². The number of fused-ring (bicyclic) bond motifs is 1. The summed E-state index contributed by atoms with van der Waals surface area (Å²) in [6.07, 6.45) is 1.07. The molecule has 0 saturated carbocycles. The van der Waals surface area contributed by atoms with Gasteiger partial charge in [0, 0.05) is 83.6 Å². The van der Waals surface area contributed by atoms with Crippen LogP contribution in [0.3, 0.4) is 0 Å². The van der Waals surface area contributed by atoms with Crippen LogP contribution in [-0.2, 0) is 60.8 Å². The molecule has 3 aliphatic heterocycles. The van der Waals surface area contributed by atoms with Crippen molar-refractivity contribution < 1.29 is 53.1 Å². The summed E-state index contributed by atoms with van der Waals surface area (Å²) in [5.74, 6) is -9.83. The minimum Gasteiger partial charge on any atom is -0.393 e. The maximum atomic E-state index is 15.3. The third-order valence-electron chi connectivity index (χ3n) is 16.8. The first-order valence-electron chi connectivity index (χ1n) is 29.5. The summed E-state index contributed by atoms with van der Waals surface area (Å²) >= 11 is 0. The molecule has 0 spiro atoms. The van der Waals surface area contributed by atoms with Crippen LogP contribution in [0.2, 0.25) is 0 Å². The van der Waals surface area contributed by atoms with Crippen LogP contribution in [-0.4, -0.2) is 153 Å². The molecule has 3 N–H and O–H groups in total. The topological polar surface area (TPSA) is 228 Å². The average molecular weight is 1110 g/mol. The standard InChI is InChI=1S/C63H92N6O11/c1-11-41(6)48-37-57(74)54(34-45-24-17-13-18-25-45)66(9)60(77)46(33-44-22-15-12-16-23-44)35-55(72)53(31-40(4)5)67(10)62(79)50(30-39(2)3)64-58(75)42(7)32-47(71)36-51(63(80)68-27-19-14-20-28-68)65-59(76)49(43(8)70)38-56(73)52-26-21-29-69(52)61(48)78/h12-13,15-18,22-25,39-43,46,48-54,70H,11,14,19-21,26-38H2,1-10H3,(H,64,75)(H,65,76)/t41-,42+,43+,46+,48-,49-,50-,51-,52-,53-,54-/m0/s1. The molecule has 6 amide bonds. The number of piperidine rings is 1. The molecule has 0 aliphatic carbocycles. The molecule has 11 atom stereocenters. The zero-order chi connectivity index (χ0) is 59.0. The van der Waals surface area contributed by atoms with Gasteiger partial charge >= 0.3 is 0 Å². The van der Waals surface area contributed by atoms with Crippen LogP contribution in [0.25, 0.3) is 0 Å². The van der Waals surface area contributed by atoms with Crippen LogP contribution >= 0.6 is 0 Å². The van der Waals surface area contributed by atoms with Gasteiger partial charge in [-0.25, -0.2) is 0 Å². The van der Waals surface area contributed by atoms with Gasteiger partial charge in [-0.05, 0) is 93.6 Å². The van der Waals surface area contributed by atoms with Gasteiger partial charge in [-0.3, -0.25) is 47.9 Å². The lowest BCUT2D eigenvalue weighted by Gasteiger charge is -2.35. The molecule has 2 aromatic carbocycles. The molecule has 440 valence electrons. The lowest BCUT2D eigenvalue weighted by Crippen LogP contribution is -2.54. The maximum absolute atomic E-state index is 15.3. The quantitative estimate of drug-likeness (QED) is 0.212. The zero-order valence-corrected chi connectivity index (χ0v) is 49.3. The molecule has 0 bridgehead atoms. The number of carbonyl (C=O) groups excluding carboxylic acids is 10. The minimum absolute atomic E-state index is 0.0836. The molecule has 80 heavy (non-hydrogen) atoms. The second kappa shape index (κ2) is 30.6. The zero-order valence-electron chi connectivity index (χ0n) is 49.3. The molecule has 5 rings (SSSR count). The van der Waals surface area contributed by atoms with E-state index in [2.05, 4.69) is 10.6 Å². The predicted octanol–water partition coefficient (Wildman–Crippen LogP) is 6.34. The van der Waals surface area contributed by atoms with Crippen molar-refractivity contribution in [3.8, 4) is 0 Å². The minimum atomic E-state index is -1.38. The predicted molar refractivity (Wildman–Crippen MR) is 305 cm³/mol. The van der Waals surface area contributed by atoms with Gasteiger partial charge in [-0.2, -0.15) is 0 Å². The number of carbonyl (C=O) groups is 10. The Bertz CT molecular complexity index is 2460. The van der Waals surface area contributed by atoms with Crippen molar-refractivity contribution in [3.05, 3.63) is 71.8 Å². The van der Waals surface area contributed by atoms with Crippen molar-refractivity contribution in [2.75, 3.05) is 33.7 Å². The van der Waals surface area contributed by atoms with Crippen LogP contribution in [0.5, 0.6) is 0 Å². The van der Waals surface area contributed by atoms with Crippen molar-refractivity contribution in [2.24, 2.45) is 41.4 Å². The van der Waals surface area contributed by atoms with Gasteiger partial charge in [0.2, 0.25) is 35.4 Å². The van der Waals surface area contributed by atoms with Gasteiger partial charge in [0.15, 0.2) is 17.3 Å². The molecular formula is C63H92N6O11. The smallest absolute Gasteiger partial charge is 0.245 e. The van der Waals surface area contributed by atoms with Crippen LogP contribution in [0, 0.1) is 41.4 Å². The summed E-state index contributed by atoms with van der Waals surface area (Å²) in [4.78, 5) is 152.